The van der Waals surface area contributed by atoms with Crippen molar-refractivity contribution in [1.82, 2.24) is 5.32 Å². The molecular weight excluding hydrogens is 202 g/mol. The lowest BCUT2D eigenvalue weighted by molar-refractivity contribution is 0.0940. The van der Waals surface area contributed by atoms with Crippen molar-refractivity contribution in [1.29, 1.82) is 0 Å². The molecule has 0 atom stereocenters. The van der Waals surface area contributed by atoms with Crippen molar-refractivity contribution >= 4 is 11.6 Å². The Morgan fingerprint density at radius 1 is 1.38 bits per heavy atom. The Kier molecular flexibility index (Phi) is 3.41. The molecular formula is C12H17N3O. The average molecular weight is 219 g/mol. The Hall–Kier alpha value is -1.55. The van der Waals surface area contributed by atoms with Gasteiger partial charge in [-0.05, 0) is 30.9 Å². The molecule has 4 N–H and O–H groups in total. The molecule has 4 heteroatoms. The number of para-hydroxylation sites is 1. The number of rotatable bonds is 4. The molecule has 86 valence electrons. The SMILES string of the molecule is NNc1ccccc1C(=O)NCC1CCC1. The van der Waals surface area contributed by atoms with E-state index in [4.69, 9.17) is 5.84 Å². The monoisotopic (exact) mass is 219 g/mol. The second-order valence-corrected chi connectivity index (χ2v) is 4.20. The molecule has 0 aliphatic heterocycles. The third-order valence-corrected chi connectivity index (χ3v) is 3.10. The summed E-state index contributed by atoms with van der Waals surface area (Å²) in [6.45, 7) is 0.776. The maximum absolute atomic E-state index is 11.9. The van der Waals surface area contributed by atoms with Crippen LogP contribution in [0.25, 0.3) is 0 Å². The highest BCUT2D eigenvalue weighted by Gasteiger charge is 2.18. The summed E-state index contributed by atoms with van der Waals surface area (Å²) in [5.74, 6) is 5.97. The van der Waals surface area contributed by atoms with Gasteiger partial charge in [0.05, 0.1) is 11.3 Å². The molecule has 0 aromatic heterocycles. The normalized spacial score (nSPS) is 15.3. The zero-order chi connectivity index (χ0) is 11.4. The summed E-state index contributed by atoms with van der Waals surface area (Å²) >= 11 is 0. The molecule has 1 aromatic carbocycles. The summed E-state index contributed by atoms with van der Waals surface area (Å²) < 4.78 is 0. The molecule has 1 saturated carbocycles. The Morgan fingerprint density at radius 3 is 2.75 bits per heavy atom. The molecule has 1 amide bonds. The van der Waals surface area contributed by atoms with Crippen molar-refractivity contribution in [2.75, 3.05) is 12.0 Å². The fourth-order valence-corrected chi connectivity index (χ4v) is 1.84. The van der Waals surface area contributed by atoms with E-state index in [1.54, 1.807) is 12.1 Å². The minimum absolute atomic E-state index is 0.0551. The van der Waals surface area contributed by atoms with E-state index in [1.807, 2.05) is 12.1 Å². The molecule has 1 aliphatic carbocycles. The van der Waals surface area contributed by atoms with E-state index < -0.39 is 0 Å². The number of hydrogen-bond donors (Lipinski definition) is 3. The van der Waals surface area contributed by atoms with Gasteiger partial charge in [-0.25, -0.2) is 0 Å². The standard InChI is InChI=1S/C12H17N3O/c13-15-11-7-2-1-6-10(11)12(16)14-8-9-4-3-5-9/h1-2,6-7,9,15H,3-5,8,13H2,(H,14,16). The van der Waals surface area contributed by atoms with E-state index in [-0.39, 0.29) is 5.91 Å². The minimum Gasteiger partial charge on any atom is -0.352 e. The predicted octanol–water partition coefficient (Wildman–Crippen LogP) is 1.50. The van der Waals surface area contributed by atoms with Crippen LogP contribution in [0, 0.1) is 5.92 Å². The van der Waals surface area contributed by atoms with Gasteiger partial charge in [0.15, 0.2) is 0 Å². The molecule has 0 heterocycles. The lowest BCUT2D eigenvalue weighted by atomic mass is 9.85. The first-order valence-corrected chi connectivity index (χ1v) is 5.65. The Bertz CT molecular complexity index is 374. The van der Waals surface area contributed by atoms with Crippen molar-refractivity contribution in [3.8, 4) is 0 Å². The Labute approximate surface area is 95.2 Å². The summed E-state index contributed by atoms with van der Waals surface area (Å²) in [6, 6.07) is 7.24. The highest BCUT2D eigenvalue weighted by Crippen LogP contribution is 2.25. The van der Waals surface area contributed by atoms with E-state index in [0.717, 1.165) is 6.54 Å². The van der Waals surface area contributed by atoms with Gasteiger partial charge in [0.2, 0.25) is 0 Å². The highest BCUT2D eigenvalue weighted by molar-refractivity contribution is 5.99. The van der Waals surface area contributed by atoms with Crippen LogP contribution in [-0.4, -0.2) is 12.5 Å². The molecule has 0 saturated heterocycles. The van der Waals surface area contributed by atoms with Crippen LogP contribution in [0.2, 0.25) is 0 Å². The molecule has 1 aromatic rings. The second kappa shape index (κ2) is 4.99. The number of nitrogens with one attached hydrogen (secondary N) is 2. The maximum atomic E-state index is 11.9. The Balaban J connectivity index is 1.96. The zero-order valence-corrected chi connectivity index (χ0v) is 9.20. The van der Waals surface area contributed by atoms with Gasteiger partial charge in [-0.3, -0.25) is 10.6 Å². The number of anilines is 1. The lowest BCUT2D eigenvalue weighted by Crippen LogP contribution is -2.32. The van der Waals surface area contributed by atoms with Crippen molar-refractivity contribution in [2.45, 2.75) is 19.3 Å². The average Bonchev–Trinajstić information content (AvgIpc) is 2.26. The lowest BCUT2D eigenvalue weighted by Gasteiger charge is -2.25. The van der Waals surface area contributed by atoms with Gasteiger partial charge in [-0.2, -0.15) is 0 Å². The van der Waals surface area contributed by atoms with Gasteiger partial charge in [0.25, 0.3) is 5.91 Å². The van der Waals surface area contributed by atoms with Gasteiger partial charge in [0.1, 0.15) is 0 Å². The molecule has 4 nitrogen and oxygen atoms in total. The van der Waals surface area contributed by atoms with Crippen molar-refractivity contribution in [3.05, 3.63) is 29.8 Å². The number of carbonyl (C=O) groups excluding carboxylic acids is 1. The fourth-order valence-electron chi connectivity index (χ4n) is 1.84. The minimum atomic E-state index is -0.0551. The molecule has 0 unspecified atom stereocenters. The first-order valence-electron chi connectivity index (χ1n) is 5.65. The maximum Gasteiger partial charge on any atom is 0.253 e. The summed E-state index contributed by atoms with van der Waals surface area (Å²) in [5, 5.41) is 2.94. The molecule has 0 bridgehead atoms. The van der Waals surface area contributed by atoms with Crippen LogP contribution in [0.3, 0.4) is 0 Å². The molecule has 2 rings (SSSR count). The van der Waals surface area contributed by atoms with E-state index >= 15 is 0 Å². The van der Waals surface area contributed by atoms with Crippen LogP contribution < -0.4 is 16.6 Å². The number of benzene rings is 1. The first-order chi connectivity index (χ1) is 7.81. The van der Waals surface area contributed by atoms with Gasteiger partial charge in [0, 0.05) is 6.54 Å². The molecule has 0 radical (unpaired) electrons. The van der Waals surface area contributed by atoms with Gasteiger partial charge < -0.3 is 10.7 Å². The number of hydrogen-bond acceptors (Lipinski definition) is 3. The number of amides is 1. The fraction of sp³-hybridized carbons (Fsp3) is 0.417. The Morgan fingerprint density at radius 2 is 2.12 bits per heavy atom. The number of hydrazine groups is 1. The predicted molar refractivity (Wildman–Crippen MR) is 63.9 cm³/mol. The van der Waals surface area contributed by atoms with E-state index in [0.29, 0.717) is 17.2 Å². The van der Waals surface area contributed by atoms with Crippen LogP contribution in [0.4, 0.5) is 5.69 Å². The first kappa shape index (κ1) is 11.0. The van der Waals surface area contributed by atoms with Crippen molar-refractivity contribution in [2.24, 2.45) is 11.8 Å². The summed E-state index contributed by atoms with van der Waals surface area (Å²) in [5.41, 5.74) is 3.79. The number of nitrogen functional groups attached to an aromatic ring is 1. The van der Waals surface area contributed by atoms with Gasteiger partial charge in [-0.1, -0.05) is 18.6 Å². The van der Waals surface area contributed by atoms with Gasteiger partial charge in [-0.15, -0.1) is 0 Å². The largest absolute Gasteiger partial charge is 0.352 e. The van der Waals surface area contributed by atoms with E-state index in [9.17, 15) is 4.79 Å². The molecule has 0 spiro atoms. The van der Waals surface area contributed by atoms with E-state index in [1.165, 1.54) is 19.3 Å². The van der Waals surface area contributed by atoms with Crippen LogP contribution in [0.5, 0.6) is 0 Å². The van der Waals surface area contributed by atoms with Crippen molar-refractivity contribution < 1.29 is 4.79 Å². The molecule has 1 fully saturated rings. The number of carbonyl (C=O) groups is 1. The van der Waals surface area contributed by atoms with Crippen LogP contribution >= 0.6 is 0 Å². The van der Waals surface area contributed by atoms with Crippen molar-refractivity contribution in [3.63, 3.8) is 0 Å². The molecule has 1 aliphatic rings. The molecule has 16 heavy (non-hydrogen) atoms. The summed E-state index contributed by atoms with van der Waals surface area (Å²) in [4.78, 5) is 11.9. The highest BCUT2D eigenvalue weighted by atomic mass is 16.1. The third-order valence-electron chi connectivity index (χ3n) is 3.10. The third kappa shape index (κ3) is 2.33. The van der Waals surface area contributed by atoms with Gasteiger partial charge >= 0.3 is 0 Å². The topological polar surface area (TPSA) is 67.1 Å². The quantitative estimate of drug-likeness (QED) is 0.531. The van der Waals surface area contributed by atoms with Crippen LogP contribution in [0.1, 0.15) is 29.6 Å². The second-order valence-electron chi connectivity index (χ2n) is 4.20. The zero-order valence-electron chi connectivity index (χ0n) is 9.20. The number of nitrogens with two attached hydrogens (primary N) is 1. The van der Waals surface area contributed by atoms with Crippen LogP contribution in [0.15, 0.2) is 24.3 Å². The smallest absolute Gasteiger partial charge is 0.253 e. The van der Waals surface area contributed by atoms with Crippen LogP contribution in [-0.2, 0) is 0 Å². The summed E-state index contributed by atoms with van der Waals surface area (Å²) in [7, 11) is 0. The summed E-state index contributed by atoms with van der Waals surface area (Å²) in [6.07, 6.45) is 3.76. The van der Waals surface area contributed by atoms with E-state index in [2.05, 4.69) is 10.7 Å².